The van der Waals surface area contributed by atoms with Crippen LogP contribution in [0.3, 0.4) is 0 Å². The molecule has 114 valence electrons. The maximum Gasteiger partial charge on any atom is 0.157 e. The molecule has 0 bridgehead atoms. The zero-order chi connectivity index (χ0) is 15.2. The summed E-state index contributed by atoms with van der Waals surface area (Å²) in [5.41, 5.74) is 1.98. The lowest BCUT2D eigenvalue weighted by Crippen LogP contribution is -2.33. The first-order chi connectivity index (χ1) is 9.35. The lowest BCUT2D eigenvalue weighted by atomic mass is 10.2. The highest BCUT2D eigenvalue weighted by molar-refractivity contribution is 7.91. The molecule has 3 nitrogen and oxygen atoms in total. The highest BCUT2D eigenvalue weighted by atomic mass is 32.2. The van der Waals surface area contributed by atoms with E-state index in [0.29, 0.717) is 6.42 Å². The van der Waals surface area contributed by atoms with Crippen molar-refractivity contribution in [3.8, 4) is 0 Å². The average Bonchev–Trinajstić information content (AvgIpc) is 2.35. The second-order valence-electron chi connectivity index (χ2n) is 5.70. The molecule has 0 radical (unpaired) electrons. The van der Waals surface area contributed by atoms with E-state index in [9.17, 15) is 8.42 Å². The molecular weight excluding hydrogens is 270 g/mol. The molecule has 4 heteroatoms. The number of aryl methyl sites for hydroxylation is 1. The molecule has 0 aliphatic carbocycles. The average molecular weight is 297 g/mol. The van der Waals surface area contributed by atoms with Crippen LogP contribution in [0.4, 0.5) is 0 Å². The van der Waals surface area contributed by atoms with Crippen LogP contribution in [0.1, 0.15) is 44.7 Å². The van der Waals surface area contributed by atoms with Gasteiger partial charge in [0.25, 0.3) is 0 Å². The Hall–Kier alpha value is -0.870. The molecule has 2 atom stereocenters. The first-order valence-corrected chi connectivity index (χ1v) is 9.07. The van der Waals surface area contributed by atoms with Gasteiger partial charge in [-0.25, -0.2) is 8.42 Å². The summed E-state index contributed by atoms with van der Waals surface area (Å²) in [6, 6.07) is 7.96. The third kappa shape index (κ3) is 5.63. The van der Waals surface area contributed by atoms with E-state index in [2.05, 4.69) is 12.2 Å². The number of rotatable bonds is 8. The molecule has 0 saturated carbocycles. The Morgan fingerprint density at radius 1 is 1.25 bits per heavy atom. The predicted molar refractivity (Wildman–Crippen MR) is 85.6 cm³/mol. The third-order valence-corrected chi connectivity index (χ3v) is 5.65. The SMILES string of the molecule is CCCNC(C)CC(C)S(=O)(=O)Cc1cccc(C)c1. The molecule has 1 aromatic rings. The summed E-state index contributed by atoms with van der Waals surface area (Å²) in [5.74, 6) is 0.135. The van der Waals surface area contributed by atoms with E-state index < -0.39 is 9.84 Å². The van der Waals surface area contributed by atoms with Gasteiger partial charge in [0.05, 0.1) is 11.0 Å². The quantitative estimate of drug-likeness (QED) is 0.802. The molecule has 20 heavy (non-hydrogen) atoms. The maximum absolute atomic E-state index is 12.4. The Balaban J connectivity index is 2.63. The minimum Gasteiger partial charge on any atom is -0.314 e. The molecule has 2 unspecified atom stereocenters. The number of sulfone groups is 1. The predicted octanol–water partition coefficient (Wildman–Crippen LogP) is 3.08. The van der Waals surface area contributed by atoms with Crippen molar-refractivity contribution >= 4 is 9.84 Å². The lowest BCUT2D eigenvalue weighted by Gasteiger charge is -2.19. The van der Waals surface area contributed by atoms with E-state index in [-0.39, 0.29) is 17.0 Å². The number of nitrogens with one attached hydrogen (secondary N) is 1. The van der Waals surface area contributed by atoms with Gasteiger partial charge in [0, 0.05) is 6.04 Å². The summed E-state index contributed by atoms with van der Waals surface area (Å²) in [6.07, 6.45) is 1.73. The summed E-state index contributed by atoms with van der Waals surface area (Å²) < 4.78 is 24.8. The molecule has 0 heterocycles. The van der Waals surface area contributed by atoms with Crippen LogP contribution in [0.5, 0.6) is 0 Å². The van der Waals surface area contributed by atoms with E-state index in [0.717, 1.165) is 24.1 Å². The number of benzene rings is 1. The van der Waals surface area contributed by atoms with Gasteiger partial charge >= 0.3 is 0 Å². The lowest BCUT2D eigenvalue weighted by molar-refractivity contribution is 0.497. The Morgan fingerprint density at radius 3 is 2.55 bits per heavy atom. The molecule has 0 fully saturated rings. The van der Waals surface area contributed by atoms with Gasteiger partial charge in [-0.15, -0.1) is 0 Å². The van der Waals surface area contributed by atoms with Crippen LogP contribution in [0.2, 0.25) is 0 Å². The second-order valence-corrected chi connectivity index (χ2v) is 8.12. The van der Waals surface area contributed by atoms with Crippen molar-refractivity contribution in [2.45, 2.75) is 57.6 Å². The van der Waals surface area contributed by atoms with E-state index in [1.807, 2.05) is 45.0 Å². The largest absolute Gasteiger partial charge is 0.314 e. The van der Waals surface area contributed by atoms with E-state index in [1.54, 1.807) is 0 Å². The summed E-state index contributed by atoms with van der Waals surface area (Å²) in [6.45, 7) is 8.89. The molecule has 1 rings (SSSR count). The van der Waals surface area contributed by atoms with Gasteiger partial charge in [0.15, 0.2) is 9.84 Å². The summed E-state index contributed by atoms with van der Waals surface area (Å²) in [4.78, 5) is 0. The van der Waals surface area contributed by atoms with E-state index in [1.165, 1.54) is 0 Å². The van der Waals surface area contributed by atoms with Gasteiger partial charge in [0.2, 0.25) is 0 Å². The maximum atomic E-state index is 12.4. The van der Waals surface area contributed by atoms with Gasteiger partial charge in [-0.3, -0.25) is 0 Å². The van der Waals surface area contributed by atoms with Gasteiger partial charge in [-0.05, 0) is 45.7 Å². The summed E-state index contributed by atoms with van der Waals surface area (Å²) >= 11 is 0. The molecule has 0 amide bonds. The molecule has 0 saturated heterocycles. The van der Waals surface area contributed by atoms with Gasteiger partial charge in [-0.1, -0.05) is 36.8 Å². The van der Waals surface area contributed by atoms with Crippen LogP contribution in [0.25, 0.3) is 0 Å². The number of hydrogen-bond acceptors (Lipinski definition) is 3. The van der Waals surface area contributed by atoms with Crippen molar-refractivity contribution in [2.75, 3.05) is 6.54 Å². The molecule has 0 spiro atoms. The standard InChI is InChI=1S/C16H27NO2S/c1-5-9-17-14(3)11-15(4)20(18,19)12-16-8-6-7-13(2)10-16/h6-8,10,14-15,17H,5,9,11-12H2,1-4H3. The number of hydrogen-bond donors (Lipinski definition) is 1. The van der Waals surface area contributed by atoms with Crippen LogP contribution in [-0.4, -0.2) is 26.3 Å². The highest BCUT2D eigenvalue weighted by Crippen LogP contribution is 2.16. The Kier molecular flexibility index (Phi) is 6.69. The van der Waals surface area contributed by atoms with Crippen molar-refractivity contribution in [1.29, 1.82) is 0 Å². The van der Waals surface area contributed by atoms with Gasteiger partial charge in [-0.2, -0.15) is 0 Å². The fourth-order valence-corrected chi connectivity index (χ4v) is 3.81. The fraction of sp³-hybridized carbons (Fsp3) is 0.625. The minimum absolute atomic E-state index is 0.135. The summed E-state index contributed by atoms with van der Waals surface area (Å²) in [7, 11) is -3.09. The third-order valence-electron chi connectivity index (χ3n) is 3.49. The Morgan fingerprint density at radius 2 is 1.95 bits per heavy atom. The minimum atomic E-state index is -3.09. The Bertz CT molecular complexity index is 511. The summed E-state index contributed by atoms with van der Waals surface area (Å²) in [5, 5.41) is 3.03. The van der Waals surface area contributed by atoms with Gasteiger partial charge < -0.3 is 5.32 Å². The second kappa shape index (κ2) is 7.79. The molecule has 0 aromatic heterocycles. The van der Waals surface area contributed by atoms with E-state index >= 15 is 0 Å². The first kappa shape index (κ1) is 17.2. The van der Waals surface area contributed by atoms with Crippen molar-refractivity contribution in [3.63, 3.8) is 0 Å². The van der Waals surface area contributed by atoms with Gasteiger partial charge in [0.1, 0.15) is 0 Å². The van der Waals surface area contributed by atoms with Crippen LogP contribution >= 0.6 is 0 Å². The molecule has 1 aromatic carbocycles. The molecule has 0 aliphatic rings. The first-order valence-electron chi connectivity index (χ1n) is 7.35. The molecule has 1 N–H and O–H groups in total. The fourth-order valence-electron chi connectivity index (χ4n) is 2.30. The van der Waals surface area contributed by atoms with Crippen LogP contribution in [0.15, 0.2) is 24.3 Å². The zero-order valence-electron chi connectivity index (χ0n) is 13.0. The normalized spacial score (nSPS) is 15.0. The smallest absolute Gasteiger partial charge is 0.157 e. The van der Waals surface area contributed by atoms with Crippen molar-refractivity contribution in [1.82, 2.24) is 5.32 Å². The van der Waals surface area contributed by atoms with Crippen molar-refractivity contribution < 1.29 is 8.42 Å². The van der Waals surface area contributed by atoms with Crippen LogP contribution in [-0.2, 0) is 15.6 Å². The van der Waals surface area contributed by atoms with Crippen LogP contribution < -0.4 is 5.32 Å². The zero-order valence-corrected chi connectivity index (χ0v) is 13.8. The Labute approximate surface area is 123 Å². The van der Waals surface area contributed by atoms with E-state index in [4.69, 9.17) is 0 Å². The monoisotopic (exact) mass is 297 g/mol. The highest BCUT2D eigenvalue weighted by Gasteiger charge is 2.23. The van der Waals surface area contributed by atoms with Crippen molar-refractivity contribution in [2.24, 2.45) is 0 Å². The van der Waals surface area contributed by atoms with Crippen LogP contribution in [0, 0.1) is 6.92 Å². The topological polar surface area (TPSA) is 46.2 Å². The van der Waals surface area contributed by atoms with Crippen molar-refractivity contribution in [3.05, 3.63) is 35.4 Å². The molecule has 0 aliphatic heterocycles. The molecular formula is C16H27NO2S.